The average Bonchev–Trinajstić information content (AvgIpc) is 3.29. The first-order valence-corrected chi connectivity index (χ1v) is 11.5. The topological polar surface area (TPSA) is 66.5 Å². The molecule has 2 saturated carbocycles. The van der Waals surface area contributed by atoms with Crippen LogP contribution < -0.4 is 5.32 Å². The molecule has 6 heteroatoms. The molecule has 1 amide bonds. The van der Waals surface area contributed by atoms with E-state index in [0.717, 1.165) is 25.7 Å². The standard InChI is InChI=1S/C21H30N2O3S/c1-20(2)16-9-10-21(20,3)18(14-16)22-19(24)15-7-6-8-17(13-15)27(25,26)23-11-4-5-12-23/h6-8,13,16,18H,4-5,9-12,14H2,1-3H3,(H,22,24). The quantitative estimate of drug-likeness (QED) is 0.857. The molecule has 3 fully saturated rings. The molecule has 0 aromatic heterocycles. The summed E-state index contributed by atoms with van der Waals surface area (Å²) in [5, 5.41) is 3.22. The van der Waals surface area contributed by atoms with E-state index in [4.69, 9.17) is 0 Å². The lowest BCUT2D eigenvalue weighted by molar-refractivity contribution is 0.0826. The molecule has 1 aromatic rings. The maximum absolute atomic E-state index is 12.9. The monoisotopic (exact) mass is 390 g/mol. The number of nitrogens with one attached hydrogen (secondary N) is 1. The van der Waals surface area contributed by atoms with Crippen LogP contribution in [-0.2, 0) is 10.0 Å². The van der Waals surface area contributed by atoms with Gasteiger partial charge >= 0.3 is 0 Å². The lowest BCUT2D eigenvalue weighted by Gasteiger charge is -2.39. The van der Waals surface area contributed by atoms with Crippen molar-refractivity contribution < 1.29 is 13.2 Å². The summed E-state index contributed by atoms with van der Waals surface area (Å²) >= 11 is 0. The molecule has 0 radical (unpaired) electrons. The summed E-state index contributed by atoms with van der Waals surface area (Å²) in [7, 11) is -3.51. The molecule has 5 nitrogen and oxygen atoms in total. The van der Waals surface area contributed by atoms with Crippen LogP contribution in [0.15, 0.2) is 29.2 Å². The van der Waals surface area contributed by atoms with Gasteiger partial charge in [0.1, 0.15) is 0 Å². The van der Waals surface area contributed by atoms with Crippen LogP contribution >= 0.6 is 0 Å². The van der Waals surface area contributed by atoms with Gasteiger partial charge in [0.05, 0.1) is 4.90 Å². The van der Waals surface area contributed by atoms with E-state index in [9.17, 15) is 13.2 Å². The summed E-state index contributed by atoms with van der Waals surface area (Å²) in [4.78, 5) is 13.1. The Morgan fingerprint density at radius 2 is 1.89 bits per heavy atom. The van der Waals surface area contributed by atoms with Crippen molar-refractivity contribution in [2.45, 2.75) is 63.8 Å². The van der Waals surface area contributed by atoms with Gasteiger partial charge in [0.15, 0.2) is 0 Å². The predicted octanol–water partition coefficient (Wildman–Crippen LogP) is 3.42. The molecule has 4 rings (SSSR count). The zero-order valence-corrected chi connectivity index (χ0v) is 17.3. The molecule has 3 atom stereocenters. The van der Waals surface area contributed by atoms with Crippen LogP contribution in [0.2, 0.25) is 0 Å². The number of hydrogen-bond acceptors (Lipinski definition) is 3. The van der Waals surface area contributed by atoms with E-state index >= 15 is 0 Å². The fourth-order valence-electron chi connectivity index (χ4n) is 5.54. The van der Waals surface area contributed by atoms with Crippen LogP contribution in [0.3, 0.4) is 0 Å². The van der Waals surface area contributed by atoms with Gasteiger partial charge in [0.2, 0.25) is 10.0 Å². The van der Waals surface area contributed by atoms with Crippen LogP contribution in [0.25, 0.3) is 0 Å². The summed E-state index contributed by atoms with van der Waals surface area (Å²) in [5.41, 5.74) is 0.762. The molecule has 27 heavy (non-hydrogen) atoms. The molecule has 3 unspecified atom stereocenters. The van der Waals surface area contributed by atoms with Crippen molar-refractivity contribution in [1.82, 2.24) is 9.62 Å². The Bertz CT molecular complexity index is 858. The van der Waals surface area contributed by atoms with E-state index in [1.54, 1.807) is 18.2 Å². The van der Waals surface area contributed by atoms with Gasteiger partial charge in [-0.25, -0.2) is 8.42 Å². The molecule has 1 saturated heterocycles. The van der Waals surface area contributed by atoms with Crippen LogP contribution in [-0.4, -0.2) is 37.8 Å². The predicted molar refractivity (Wildman–Crippen MR) is 105 cm³/mol. The minimum atomic E-state index is -3.51. The molecule has 1 N–H and O–H groups in total. The molecular formula is C21H30N2O3S. The van der Waals surface area contributed by atoms with Crippen molar-refractivity contribution in [2.24, 2.45) is 16.7 Å². The summed E-state index contributed by atoms with van der Waals surface area (Å²) in [6, 6.07) is 6.65. The summed E-state index contributed by atoms with van der Waals surface area (Å²) in [6.45, 7) is 8.06. The average molecular weight is 391 g/mol. The van der Waals surface area contributed by atoms with E-state index in [1.807, 2.05) is 0 Å². The van der Waals surface area contributed by atoms with Gasteiger partial charge in [0.25, 0.3) is 5.91 Å². The summed E-state index contributed by atoms with van der Waals surface area (Å²) in [5.74, 6) is 0.484. The Hall–Kier alpha value is -1.40. The molecular weight excluding hydrogens is 360 g/mol. The van der Waals surface area contributed by atoms with Gasteiger partial charge in [0, 0.05) is 24.7 Å². The van der Waals surface area contributed by atoms with Crippen LogP contribution in [0.1, 0.15) is 63.2 Å². The zero-order valence-electron chi connectivity index (χ0n) is 16.5. The maximum atomic E-state index is 12.9. The van der Waals surface area contributed by atoms with E-state index in [1.165, 1.54) is 16.8 Å². The van der Waals surface area contributed by atoms with Crippen molar-refractivity contribution >= 4 is 15.9 Å². The van der Waals surface area contributed by atoms with Crippen molar-refractivity contribution in [3.05, 3.63) is 29.8 Å². The van der Waals surface area contributed by atoms with Crippen molar-refractivity contribution in [3.8, 4) is 0 Å². The lowest BCUT2D eigenvalue weighted by Crippen LogP contribution is -2.46. The third-order valence-corrected chi connectivity index (χ3v) is 9.79. The molecule has 1 aromatic carbocycles. The first-order valence-electron chi connectivity index (χ1n) is 10.1. The number of nitrogens with zero attached hydrogens (tertiary/aromatic N) is 1. The lowest BCUT2D eigenvalue weighted by atomic mass is 9.69. The molecule has 2 aliphatic carbocycles. The first-order chi connectivity index (χ1) is 12.7. The van der Waals surface area contributed by atoms with Gasteiger partial charge in [-0.15, -0.1) is 0 Å². The number of carbonyl (C=O) groups excluding carboxylic acids is 1. The Morgan fingerprint density at radius 1 is 1.19 bits per heavy atom. The zero-order chi connectivity index (χ0) is 19.4. The highest BCUT2D eigenvalue weighted by molar-refractivity contribution is 7.89. The van der Waals surface area contributed by atoms with Crippen LogP contribution in [0, 0.1) is 16.7 Å². The van der Waals surface area contributed by atoms with Crippen molar-refractivity contribution in [2.75, 3.05) is 13.1 Å². The smallest absolute Gasteiger partial charge is 0.251 e. The van der Waals surface area contributed by atoms with E-state index in [-0.39, 0.29) is 27.7 Å². The second-order valence-electron chi connectivity index (χ2n) is 9.28. The third kappa shape index (κ3) is 2.83. The Kier molecular flexibility index (Phi) is 4.43. The summed E-state index contributed by atoms with van der Waals surface area (Å²) in [6.07, 6.45) is 5.19. The third-order valence-electron chi connectivity index (χ3n) is 7.90. The summed E-state index contributed by atoms with van der Waals surface area (Å²) < 4.78 is 27.1. The number of carbonyl (C=O) groups is 1. The van der Waals surface area contributed by atoms with Crippen molar-refractivity contribution in [1.29, 1.82) is 0 Å². The first kappa shape index (κ1) is 18.9. The SMILES string of the molecule is CC1(C)C2CCC1(C)C(NC(=O)c1cccc(S(=O)(=O)N3CCCC3)c1)C2. The highest BCUT2D eigenvalue weighted by Crippen LogP contribution is 2.65. The van der Waals surface area contributed by atoms with Crippen LogP contribution in [0.4, 0.5) is 0 Å². The molecule has 0 spiro atoms. The number of rotatable bonds is 4. The largest absolute Gasteiger partial charge is 0.349 e. The maximum Gasteiger partial charge on any atom is 0.251 e. The fourth-order valence-corrected chi connectivity index (χ4v) is 7.10. The Balaban J connectivity index is 1.54. The number of sulfonamides is 1. The minimum Gasteiger partial charge on any atom is -0.349 e. The van der Waals surface area contributed by atoms with Crippen LogP contribution in [0.5, 0.6) is 0 Å². The van der Waals surface area contributed by atoms with Crippen molar-refractivity contribution in [3.63, 3.8) is 0 Å². The van der Waals surface area contributed by atoms with E-state index < -0.39 is 10.0 Å². The van der Waals surface area contributed by atoms with Gasteiger partial charge in [-0.1, -0.05) is 26.8 Å². The fraction of sp³-hybridized carbons (Fsp3) is 0.667. The second kappa shape index (κ2) is 6.31. The van der Waals surface area contributed by atoms with E-state index in [2.05, 4.69) is 26.1 Å². The highest BCUT2D eigenvalue weighted by atomic mass is 32.2. The molecule has 148 valence electrons. The molecule has 2 bridgehead atoms. The number of fused-ring (bicyclic) bond motifs is 2. The Labute approximate surface area is 162 Å². The number of hydrogen-bond donors (Lipinski definition) is 1. The normalized spacial score (nSPS) is 32.7. The van der Waals surface area contributed by atoms with Gasteiger partial charge in [-0.2, -0.15) is 4.31 Å². The minimum absolute atomic E-state index is 0.104. The Morgan fingerprint density at radius 3 is 2.48 bits per heavy atom. The van der Waals surface area contributed by atoms with Gasteiger partial charge < -0.3 is 5.32 Å². The molecule has 1 aliphatic heterocycles. The van der Waals surface area contributed by atoms with Gasteiger partial charge in [-0.05, 0) is 67.1 Å². The highest BCUT2D eigenvalue weighted by Gasteiger charge is 2.61. The molecule has 1 heterocycles. The second-order valence-corrected chi connectivity index (χ2v) is 11.2. The molecule has 3 aliphatic rings. The van der Waals surface area contributed by atoms with Gasteiger partial charge in [-0.3, -0.25) is 4.79 Å². The number of benzene rings is 1. The number of amides is 1. The van der Waals surface area contributed by atoms with E-state index in [0.29, 0.717) is 24.6 Å².